The van der Waals surface area contributed by atoms with Crippen molar-refractivity contribution in [1.29, 1.82) is 0 Å². The monoisotopic (exact) mass is 406 g/mol. The highest BCUT2D eigenvalue weighted by atomic mass is 32.2. The van der Waals surface area contributed by atoms with E-state index in [1.165, 1.54) is 24.0 Å². The Labute approximate surface area is 163 Å². The minimum atomic E-state index is -4.58. The number of hydrogen-bond donors (Lipinski definition) is 1. The first kappa shape index (κ1) is 20.0. The lowest BCUT2D eigenvalue weighted by Crippen LogP contribution is -2.24. The fraction of sp³-hybridized carbons (Fsp3) is 0.200. The third kappa shape index (κ3) is 3.91. The summed E-state index contributed by atoms with van der Waals surface area (Å²) in [5, 5.41) is 2.51. The second kappa shape index (κ2) is 7.71. The molecule has 8 heteroatoms. The maximum Gasteiger partial charge on any atom is 0.416 e. The molecule has 0 aliphatic carbocycles. The maximum atomic E-state index is 13.1. The van der Waals surface area contributed by atoms with Crippen LogP contribution in [0.15, 0.2) is 58.4 Å². The minimum absolute atomic E-state index is 0.137. The van der Waals surface area contributed by atoms with Crippen LogP contribution in [-0.2, 0) is 12.7 Å². The van der Waals surface area contributed by atoms with Gasteiger partial charge >= 0.3 is 6.18 Å². The molecule has 1 amide bonds. The first-order valence-corrected chi connectivity index (χ1v) is 9.67. The molecule has 1 aromatic heterocycles. The molecule has 1 heterocycles. The molecule has 146 valence electrons. The topological polar surface area (TPSA) is 51.1 Å². The number of aromatic nitrogens is 1. The molecule has 0 atom stereocenters. The quantitative estimate of drug-likeness (QED) is 0.620. The second-order valence-electron chi connectivity index (χ2n) is 6.07. The molecular weight excluding hydrogens is 389 g/mol. The molecule has 0 saturated carbocycles. The first-order valence-electron chi connectivity index (χ1n) is 8.44. The Hall–Kier alpha value is -2.74. The van der Waals surface area contributed by atoms with Crippen molar-refractivity contribution in [3.63, 3.8) is 0 Å². The van der Waals surface area contributed by atoms with Crippen molar-refractivity contribution in [2.45, 2.75) is 24.5 Å². The number of nitrogens with one attached hydrogen (secondary N) is 1. The highest BCUT2D eigenvalue weighted by Gasteiger charge is 2.31. The molecule has 0 saturated heterocycles. The number of hydrogen-bond acceptors (Lipinski definition) is 3. The van der Waals surface area contributed by atoms with Crippen molar-refractivity contribution in [3.8, 4) is 0 Å². The van der Waals surface area contributed by atoms with Crippen molar-refractivity contribution in [3.05, 3.63) is 70.0 Å². The Morgan fingerprint density at radius 2 is 1.93 bits per heavy atom. The van der Waals surface area contributed by atoms with E-state index in [-0.39, 0.29) is 10.9 Å². The van der Waals surface area contributed by atoms with Crippen LogP contribution in [0, 0.1) is 0 Å². The molecule has 3 aromatic rings. The molecule has 2 aromatic carbocycles. The Morgan fingerprint density at radius 3 is 2.57 bits per heavy atom. The zero-order valence-electron chi connectivity index (χ0n) is 15.1. The lowest BCUT2D eigenvalue weighted by molar-refractivity contribution is -0.137. The van der Waals surface area contributed by atoms with Crippen LogP contribution in [0.5, 0.6) is 0 Å². The normalized spacial score (nSPS) is 11.6. The van der Waals surface area contributed by atoms with Crippen LogP contribution in [0.4, 0.5) is 18.9 Å². The van der Waals surface area contributed by atoms with Crippen molar-refractivity contribution in [2.75, 3.05) is 11.6 Å². The van der Waals surface area contributed by atoms with Crippen LogP contribution in [0.1, 0.15) is 22.8 Å². The smallest absolute Gasteiger partial charge is 0.347 e. The number of benzene rings is 2. The van der Waals surface area contributed by atoms with Crippen LogP contribution in [-0.4, -0.2) is 16.7 Å². The Bertz CT molecular complexity index is 1110. The molecule has 0 bridgehead atoms. The van der Waals surface area contributed by atoms with Gasteiger partial charge in [-0.15, -0.1) is 11.8 Å². The number of anilines is 1. The summed E-state index contributed by atoms with van der Waals surface area (Å²) in [6.45, 7) is 2.18. The molecule has 1 N–H and O–H groups in total. The molecule has 0 aliphatic rings. The van der Waals surface area contributed by atoms with Crippen LogP contribution in [0.3, 0.4) is 0 Å². The van der Waals surface area contributed by atoms with Gasteiger partial charge in [-0.1, -0.05) is 6.07 Å². The summed E-state index contributed by atoms with van der Waals surface area (Å²) in [7, 11) is 0. The molecule has 4 nitrogen and oxygen atoms in total. The number of carbonyl (C=O) groups excluding carboxylic acids is 1. The second-order valence-corrected chi connectivity index (χ2v) is 6.95. The molecular formula is C20H17F3N2O2S. The SMILES string of the molecule is CCn1cc(C(=O)Nc2cccc(SC)c2)c(=O)c2cc(C(F)(F)F)ccc21. The van der Waals surface area contributed by atoms with Gasteiger partial charge in [-0.3, -0.25) is 9.59 Å². The lowest BCUT2D eigenvalue weighted by Gasteiger charge is -2.14. The number of pyridine rings is 1. The summed E-state index contributed by atoms with van der Waals surface area (Å²) in [4.78, 5) is 26.4. The number of aryl methyl sites for hydroxylation is 1. The Balaban J connectivity index is 2.10. The molecule has 0 radical (unpaired) electrons. The van der Waals surface area contributed by atoms with E-state index in [0.717, 1.165) is 17.0 Å². The van der Waals surface area contributed by atoms with Gasteiger partial charge in [0.2, 0.25) is 5.43 Å². The fourth-order valence-corrected chi connectivity index (χ4v) is 3.36. The number of fused-ring (bicyclic) bond motifs is 1. The van der Waals surface area contributed by atoms with Gasteiger partial charge in [0.05, 0.1) is 11.1 Å². The Kier molecular flexibility index (Phi) is 5.51. The van der Waals surface area contributed by atoms with Crippen molar-refractivity contribution >= 4 is 34.3 Å². The maximum absolute atomic E-state index is 13.1. The van der Waals surface area contributed by atoms with Crippen molar-refractivity contribution in [2.24, 2.45) is 0 Å². The zero-order valence-corrected chi connectivity index (χ0v) is 15.9. The number of thioether (sulfide) groups is 1. The predicted octanol–water partition coefficient (Wildman–Crippen LogP) is 5.01. The number of amides is 1. The summed E-state index contributed by atoms with van der Waals surface area (Å²) in [5.74, 6) is -0.662. The number of alkyl halides is 3. The predicted molar refractivity (Wildman–Crippen MR) is 105 cm³/mol. The number of rotatable bonds is 4. The molecule has 0 fully saturated rings. The van der Waals surface area contributed by atoms with Crippen LogP contribution >= 0.6 is 11.8 Å². The van der Waals surface area contributed by atoms with Gasteiger partial charge in [0.25, 0.3) is 5.91 Å². The summed E-state index contributed by atoms with van der Waals surface area (Å²) in [6.07, 6.45) is -1.30. The summed E-state index contributed by atoms with van der Waals surface area (Å²) >= 11 is 1.50. The fourth-order valence-electron chi connectivity index (χ4n) is 2.90. The largest absolute Gasteiger partial charge is 0.416 e. The zero-order chi connectivity index (χ0) is 20.5. The van der Waals surface area contributed by atoms with Gasteiger partial charge in [-0.25, -0.2) is 0 Å². The lowest BCUT2D eigenvalue weighted by atomic mass is 10.1. The van der Waals surface area contributed by atoms with Gasteiger partial charge in [0.1, 0.15) is 5.56 Å². The Morgan fingerprint density at radius 1 is 1.18 bits per heavy atom. The highest BCUT2D eigenvalue weighted by Crippen LogP contribution is 2.31. The van der Waals surface area contributed by atoms with E-state index in [1.807, 2.05) is 12.3 Å². The van der Waals surface area contributed by atoms with Crippen molar-refractivity contribution in [1.82, 2.24) is 4.57 Å². The van der Waals surface area contributed by atoms with E-state index in [2.05, 4.69) is 5.32 Å². The average Bonchev–Trinajstić information content (AvgIpc) is 2.67. The summed E-state index contributed by atoms with van der Waals surface area (Å²) in [5.41, 5.74) is -1.01. The van der Waals surface area contributed by atoms with E-state index < -0.39 is 23.1 Å². The van der Waals surface area contributed by atoms with Crippen LogP contribution < -0.4 is 10.7 Å². The third-order valence-electron chi connectivity index (χ3n) is 4.32. The average molecular weight is 406 g/mol. The van der Waals surface area contributed by atoms with Crippen molar-refractivity contribution < 1.29 is 18.0 Å². The van der Waals surface area contributed by atoms with Gasteiger partial charge in [-0.2, -0.15) is 13.2 Å². The van der Waals surface area contributed by atoms with Gasteiger partial charge in [0.15, 0.2) is 0 Å². The van der Waals surface area contributed by atoms with E-state index in [9.17, 15) is 22.8 Å². The number of halogens is 3. The summed E-state index contributed by atoms with van der Waals surface area (Å²) in [6, 6.07) is 10.1. The minimum Gasteiger partial charge on any atom is -0.347 e. The molecule has 0 aliphatic heterocycles. The van der Waals surface area contributed by atoms with E-state index in [0.29, 0.717) is 17.7 Å². The summed E-state index contributed by atoms with van der Waals surface area (Å²) < 4.78 is 40.8. The molecule has 28 heavy (non-hydrogen) atoms. The van der Waals surface area contributed by atoms with E-state index >= 15 is 0 Å². The highest BCUT2D eigenvalue weighted by molar-refractivity contribution is 7.98. The number of carbonyl (C=O) groups is 1. The van der Waals surface area contributed by atoms with E-state index in [4.69, 9.17) is 0 Å². The third-order valence-corrected chi connectivity index (χ3v) is 5.05. The molecule has 3 rings (SSSR count). The van der Waals surface area contributed by atoms with Crippen LogP contribution in [0.2, 0.25) is 0 Å². The molecule has 0 unspecified atom stereocenters. The van der Waals surface area contributed by atoms with E-state index in [1.54, 1.807) is 29.7 Å². The first-order chi connectivity index (χ1) is 13.2. The van der Waals surface area contributed by atoms with Crippen LogP contribution in [0.25, 0.3) is 10.9 Å². The van der Waals surface area contributed by atoms with Gasteiger partial charge < -0.3 is 9.88 Å². The molecule has 0 spiro atoms. The van der Waals surface area contributed by atoms with Gasteiger partial charge in [-0.05, 0) is 49.6 Å². The standard InChI is InChI=1S/C20H17F3N2O2S/c1-3-25-11-16(19(27)24-13-5-4-6-14(10-13)28-2)18(26)15-9-12(20(21,22)23)7-8-17(15)25/h4-11H,3H2,1-2H3,(H,24,27). The number of nitrogens with zero attached hydrogens (tertiary/aromatic N) is 1. The van der Waals surface area contributed by atoms with Gasteiger partial charge in [0, 0.05) is 28.7 Å².